The van der Waals surface area contributed by atoms with Crippen LogP contribution in [0, 0.1) is 0 Å². The first kappa shape index (κ1) is 15.2. The Balaban J connectivity index is 1.46. The molecule has 130 valence electrons. The molecule has 8 heteroatoms. The molecular weight excluding hydrogens is 340 g/mol. The van der Waals surface area contributed by atoms with E-state index in [9.17, 15) is 0 Å². The second kappa shape index (κ2) is 6.34. The summed E-state index contributed by atoms with van der Waals surface area (Å²) in [6, 6.07) is 13.6. The Labute approximate surface area is 153 Å². The van der Waals surface area contributed by atoms with Crippen LogP contribution >= 0.6 is 0 Å². The van der Waals surface area contributed by atoms with Gasteiger partial charge in [0.05, 0.1) is 23.6 Å². The molecule has 8 nitrogen and oxygen atoms in total. The second-order valence-electron chi connectivity index (χ2n) is 5.95. The normalized spacial score (nSPS) is 11.0. The minimum Gasteiger partial charge on any atom is -0.340 e. The summed E-state index contributed by atoms with van der Waals surface area (Å²) in [6.07, 6.45) is 9.09. The highest BCUT2D eigenvalue weighted by Crippen LogP contribution is 2.21. The maximum Gasteiger partial charge on any atom is 0.182 e. The van der Waals surface area contributed by atoms with E-state index in [-0.39, 0.29) is 0 Å². The molecule has 4 aromatic heterocycles. The maximum atomic E-state index is 4.57. The molecule has 5 aromatic rings. The van der Waals surface area contributed by atoms with Gasteiger partial charge in [-0.25, -0.2) is 9.97 Å². The van der Waals surface area contributed by atoms with Crippen LogP contribution in [0.5, 0.6) is 0 Å². The predicted octanol–water partition coefficient (Wildman–Crippen LogP) is 3.34. The fourth-order valence-electron chi connectivity index (χ4n) is 2.83. The summed E-state index contributed by atoms with van der Waals surface area (Å²) in [7, 11) is 0. The third-order valence-corrected chi connectivity index (χ3v) is 4.14. The standard InChI is InChI=1S/C19H14N8/c1-2-8-27(7-1)15-10-17(26-22-12-15)19-20-6-5-18(24-19)23-14-3-4-16-13(9-14)11-21-25-16/h1-12H,(H,21,25)(H,20,23,24). The van der Waals surface area contributed by atoms with E-state index in [2.05, 4.69) is 35.7 Å². The third-order valence-electron chi connectivity index (χ3n) is 4.14. The first-order valence-electron chi connectivity index (χ1n) is 8.35. The molecule has 0 spiro atoms. The van der Waals surface area contributed by atoms with E-state index in [1.807, 2.05) is 59.4 Å². The zero-order valence-electron chi connectivity index (χ0n) is 14.1. The van der Waals surface area contributed by atoms with Gasteiger partial charge in [0.15, 0.2) is 5.82 Å². The summed E-state index contributed by atoms with van der Waals surface area (Å²) in [4.78, 5) is 8.91. The van der Waals surface area contributed by atoms with Crippen LogP contribution in [0.15, 0.2) is 73.4 Å². The van der Waals surface area contributed by atoms with Crippen molar-refractivity contribution in [2.75, 3.05) is 5.32 Å². The molecule has 1 aromatic carbocycles. The van der Waals surface area contributed by atoms with Crippen LogP contribution in [0.4, 0.5) is 11.5 Å². The number of hydrogen-bond donors (Lipinski definition) is 2. The second-order valence-corrected chi connectivity index (χ2v) is 5.95. The van der Waals surface area contributed by atoms with Crippen molar-refractivity contribution in [2.24, 2.45) is 0 Å². The molecule has 0 aliphatic rings. The Bertz CT molecular complexity index is 1210. The SMILES string of the molecule is c1ccn(-c2cnnc(-c3nccc(Nc4ccc5[nH]ncc5c4)n3)c2)c1. The number of hydrogen-bond acceptors (Lipinski definition) is 6. The summed E-state index contributed by atoms with van der Waals surface area (Å²) in [5.41, 5.74) is 3.41. The highest BCUT2D eigenvalue weighted by Gasteiger charge is 2.08. The largest absolute Gasteiger partial charge is 0.340 e. The molecule has 0 amide bonds. The van der Waals surface area contributed by atoms with Crippen molar-refractivity contribution >= 4 is 22.4 Å². The van der Waals surface area contributed by atoms with Gasteiger partial charge in [0.1, 0.15) is 11.5 Å². The minimum atomic E-state index is 0.505. The lowest BCUT2D eigenvalue weighted by atomic mass is 10.2. The molecule has 5 rings (SSSR count). The molecule has 2 N–H and O–H groups in total. The molecule has 0 atom stereocenters. The number of aromatic nitrogens is 7. The summed E-state index contributed by atoms with van der Waals surface area (Å²) in [6.45, 7) is 0. The van der Waals surface area contributed by atoms with Gasteiger partial charge in [-0.05, 0) is 42.5 Å². The van der Waals surface area contributed by atoms with E-state index >= 15 is 0 Å². The Hall–Kier alpha value is -4.07. The van der Waals surface area contributed by atoms with Crippen molar-refractivity contribution < 1.29 is 0 Å². The number of fused-ring (bicyclic) bond motifs is 1. The van der Waals surface area contributed by atoms with Crippen LogP contribution in [-0.2, 0) is 0 Å². The molecule has 0 saturated carbocycles. The van der Waals surface area contributed by atoms with Gasteiger partial charge < -0.3 is 9.88 Å². The first-order valence-corrected chi connectivity index (χ1v) is 8.35. The van der Waals surface area contributed by atoms with Crippen molar-refractivity contribution in [1.82, 2.24) is 34.9 Å². The molecule has 0 fully saturated rings. The zero-order chi connectivity index (χ0) is 18.1. The van der Waals surface area contributed by atoms with Gasteiger partial charge in [0, 0.05) is 29.7 Å². The van der Waals surface area contributed by atoms with E-state index in [0.29, 0.717) is 17.3 Å². The molecule has 0 aliphatic carbocycles. The van der Waals surface area contributed by atoms with Gasteiger partial charge in [-0.3, -0.25) is 5.10 Å². The molecule has 0 saturated heterocycles. The van der Waals surface area contributed by atoms with Crippen LogP contribution in [-0.4, -0.2) is 34.9 Å². The Morgan fingerprint density at radius 1 is 1.00 bits per heavy atom. The van der Waals surface area contributed by atoms with Crippen molar-refractivity contribution in [3.8, 4) is 17.2 Å². The molecule has 0 bridgehead atoms. The Morgan fingerprint density at radius 3 is 2.85 bits per heavy atom. The fraction of sp³-hybridized carbons (Fsp3) is 0. The fourth-order valence-corrected chi connectivity index (χ4v) is 2.83. The number of anilines is 2. The maximum absolute atomic E-state index is 4.57. The third kappa shape index (κ3) is 2.99. The first-order chi connectivity index (χ1) is 13.3. The smallest absolute Gasteiger partial charge is 0.182 e. The summed E-state index contributed by atoms with van der Waals surface area (Å²) in [5, 5.41) is 19.5. The molecule has 0 unspecified atom stereocenters. The molecule has 0 aliphatic heterocycles. The van der Waals surface area contributed by atoms with Gasteiger partial charge in [-0.15, -0.1) is 5.10 Å². The van der Waals surface area contributed by atoms with Crippen LogP contribution in [0.2, 0.25) is 0 Å². The molecule has 27 heavy (non-hydrogen) atoms. The topological polar surface area (TPSA) is 97.2 Å². The van der Waals surface area contributed by atoms with Gasteiger partial charge in [-0.1, -0.05) is 0 Å². The summed E-state index contributed by atoms with van der Waals surface area (Å²) < 4.78 is 1.96. The number of nitrogens with one attached hydrogen (secondary N) is 2. The molecule has 0 radical (unpaired) electrons. The highest BCUT2D eigenvalue weighted by atomic mass is 15.1. The van der Waals surface area contributed by atoms with E-state index in [4.69, 9.17) is 0 Å². The highest BCUT2D eigenvalue weighted by molar-refractivity contribution is 5.82. The van der Waals surface area contributed by atoms with E-state index in [0.717, 1.165) is 22.3 Å². The Morgan fingerprint density at radius 2 is 1.93 bits per heavy atom. The quantitative estimate of drug-likeness (QED) is 0.514. The summed E-state index contributed by atoms with van der Waals surface area (Å²) >= 11 is 0. The number of aromatic amines is 1. The van der Waals surface area contributed by atoms with Gasteiger partial charge in [-0.2, -0.15) is 10.2 Å². The van der Waals surface area contributed by atoms with Gasteiger partial charge in [0.25, 0.3) is 0 Å². The summed E-state index contributed by atoms with van der Waals surface area (Å²) in [5.74, 6) is 1.18. The lowest BCUT2D eigenvalue weighted by Gasteiger charge is -2.08. The minimum absolute atomic E-state index is 0.505. The predicted molar refractivity (Wildman–Crippen MR) is 102 cm³/mol. The van der Waals surface area contributed by atoms with Crippen molar-refractivity contribution in [1.29, 1.82) is 0 Å². The van der Waals surface area contributed by atoms with Gasteiger partial charge >= 0.3 is 0 Å². The molecule has 4 heterocycles. The number of benzene rings is 1. The van der Waals surface area contributed by atoms with Crippen LogP contribution < -0.4 is 5.32 Å². The van der Waals surface area contributed by atoms with Crippen LogP contribution in [0.3, 0.4) is 0 Å². The monoisotopic (exact) mass is 354 g/mol. The van der Waals surface area contributed by atoms with Crippen molar-refractivity contribution in [2.45, 2.75) is 0 Å². The zero-order valence-corrected chi connectivity index (χ0v) is 14.1. The van der Waals surface area contributed by atoms with Gasteiger partial charge in [0.2, 0.25) is 0 Å². The van der Waals surface area contributed by atoms with E-state index in [1.54, 1.807) is 18.6 Å². The lowest BCUT2D eigenvalue weighted by Crippen LogP contribution is -2.00. The van der Waals surface area contributed by atoms with Crippen LogP contribution in [0.1, 0.15) is 0 Å². The van der Waals surface area contributed by atoms with E-state index in [1.165, 1.54) is 0 Å². The number of rotatable bonds is 4. The van der Waals surface area contributed by atoms with Crippen molar-refractivity contribution in [3.05, 3.63) is 73.4 Å². The number of nitrogens with zero attached hydrogens (tertiary/aromatic N) is 6. The number of H-pyrrole nitrogens is 1. The lowest BCUT2D eigenvalue weighted by molar-refractivity contribution is 0.968. The molecular formula is C19H14N8. The van der Waals surface area contributed by atoms with Crippen LogP contribution in [0.25, 0.3) is 28.1 Å². The van der Waals surface area contributed by atoms with Crippen molar-refractivity contribution in [3.63, 3.8) is 0 Å². The average Bonchev–Trinajstić information content (AvgIpc) is 3.40. The Kier molecular flexibility index (Phi) is 3.57. The van der Waals surface area contributed by atoms with E-state index < -0.39 is 0 Å². The average molecular weight is 354 g/mol.